The first-order valence-corrected chi connectivity index (χ1v) is 7.01. The Bertz CT molecular complexity index is 478. The summed E-state index contributed by atoms with van der Waals surface area (Å²) < 4.78 is 1.82. The second kappa shape index (κ2) is 7.85. The third kappa shape index (κ3) is 4.49. The number of amides is 1. The molecule has 0 atom stereocenters. The van der Waals surface area contributed by atoms with Crippen LogP contribution in [0.3, 0.4) is 0 Å². The first kappa shape index (κ1) is 16.4. The Labute approximate surface area is 120 Å². The number of carbonyl (C=O) groups is 1. The monoisotopic (exact) mass is 279 g/mol. The molecule has 0 aliphatic rings. The van der Waals surface area contributed by atoms with Crippen molar-refractivity contribution < 1.29 is 9.90 Å². The first-order valence-electron chi connectivity index (χ1n) is 7.01. The van der Waals surface area contributed by atoms with Crippen LogP contribution in [-0.2, 0) is 11.8 Å². The number of likely N-dealkylation sites (N-methyl/N-ethyl adjacent to an activating group) is 1. The lowest BCUT2D eigenvalue weighted by atomic mass is 10.2. The third-order valence-corrected chi connectivity index (χ3v) is 3.49. The molecule has 0 spiro atoms. The van der Waals surface area contributed by atoms with Crippen LogP contribution in [0.4, 0.5) is 0 Å². The zero-order valence-electron chi connectivity index (χ0n) is 12.9. The lowest BCUT2D eigenvalue weighted by Crippen LogP contribution is -2.25. The van der Waals surface area contributed by atoms with E-state index in [0.717, 1.165) is 36.2 Å². The molecule has 0 saturated heterocycles. The third-order valence-electron chi connectivity index (χ3n) is 3.49. The van der Waals surface area contributed by atoms with Gasteiger partial charge in [0.25, 0.3) is 0 Å². The van der Waals surface area contributed by atoms with Crippen LogP contribution in [0.2, 0.25) is 0 Å². The highest BCUT2D eigenvalue weighted by atomic mass is 16.2. The maximum absolute atomic E-state index is 12.0. The maximum Gasteiger partial charge on any atom is 0.246 e. The highest BCUT2D eigenvalue weighted by Crippen LogP contribution is 2.13. The van der Waals surface area contributed by atoms with Crippen LogP contribution in [0.1, 0.15) is 36.2 Å². The van der Waals surface area contributed by atoms with E-state index in [1.54, 1.807) is 18.0 Å². The molecular weight excluding hydrogens is 254 g/mol. The molecule has 1 N–H and O–H groups in total. The van der Waals surface area contributed by atoms with Crippen molar-refractivity contribution in [2.75, 3.05) is 20.2 Å². The fourth-order valence-corrected chi connectivity index (χ4v) is 2.06. The van der Waals surface area contributed by atoms with Crippen molar-refractivity contribution in [1.82, 2.24) is 14.7 Å². The molecule has 0 aliphatic heterocycles. The molecule has 0 aromatic carbocycles. The second-order valence-corrected chi connectivity index (χ2v) is 5.09. The van der Waals surface area contributed by atoms with E-state index in [2.05, 4.69) is 5.10 Å². The summed E-state index contributed by atoms with van der Waals surface area (Å²) in [5.41, 5.74) is 2.99. The van der Waals surface area contributed by atoms with E-state index in [0.29, 0.717) is 6.54 Å². The minimum atomic E-state index is -0.00310. The number of aliphatic hydroxyl groups is 1. The summed E-state index contributed by atoms with van der Waals surface area (Å²) in [4.78, 5) is 13.7. The van der Waals surface area contributed by atoms with Gasteiger partial charge in [-0.3, -0.25) is 9.48 Å². The predicted octanol–water partition coefficient (Wildman–Crippen LogP) is 1.67. The number of nitrogens with zero attached hydrogens (tertiary/aromatic N) is 3. The molecule has 0 fully saturated rings. The summed E-state index contributed by atoms with van der Waals surface area (Å²) >= 11 is 0. The van der Waals surface area contributed by atoms with Crippen LogP contribution < -0.4 is 0 Å². The van der Waals surface area contributed by atoms with E-state index in [-0.39, 0.29) is 12.5 Å². The van der Waals surface area contributed by atoms with Gasteiger partial charge < -0.3 is 10.0 Å². The summed E-state index contributed by atoms with van der Waals surface area (Å²) in [5, 5.41) is 13.0. The molecule has 0 radical (unpaired) electrons. The van der Waals surface area contributed by atoms with E-state index >= 15 is 0 Å². The van der Waals surface area contributed by atoms with Crippen LogP contribution in [0.5, 0.6) is 0 Å². The largest absolute Gasteiger partial charge is 0.396 e. The van der Waals surface area contributed by atoms with Crippen LogP contribution >= 0.6 is 0 Å². The fourth-order valence-electron chi connectivity index (χ4n) is 2.06. The normalized spacial score (nSPS) is 11.2. The van der Waals surface area contributed by atoms with Gasteiger partial charge in [0.1, 0.15) is 0 Å². The smallest absolute Gasteiger partial charge is 0.246 e. The number of unbranched alkanes of at least 4 members (excludes halogenated alkanes) is 2. The Balaban J connectivity index is 2.54. The average molecular weight is 279 g/mol. The molecule has 20 heavy (non-hydrogen) atoms. The zero-order chi connectivity index (χ0) is 15.1. The van der Waals surface area contributed by atoms with Crippen LogP contribution in [0, 0.1) is 13.8 Å². The van der Waals surface area contributed by atoms with E-state index in [9.17, 15) is 4.79 Å². The molecular formula is C15H25N3O2. The number of hydrogen-bond donors (Lipinski definition) is 1. The topological polar surface area (TPSA) is 58.4 Å². The summed E-state index contributed by atoms with van der Waals surface area (Å²) in [6, 6.07) is 0. The van der Waals surface area contributed by atoms with Crippen molar-refractivity contribution >= 4 is 12.0 Å². The second-order valence-electron chi connectivity index (χ2n) is 5.09. The van der Waals surface area contributed by atoms with Crippen LogP contribution in [0.25, 0.3) is 6.08 Å². The standard InChI is InChI=1S/C15H25N3O2/c1-12-14(13(2)18(4)16-12)8-9-15(20)17(3)10-6-5-7-11-19/h8-9,19H,5-7,10-11H2,1-4H3/b9-8+. The van der Waals surface area contributed by atoms with Gasteiger partial charge in [0, 0.05) is 44.6 Å². The van der Waals surface area contributed by atoms with Crippen molar-refractivity contribution in [2.45, 2.75) is 33.1 Å². The number of aryl methyl sites for hydroxylation is 2. The van der Waals surface area contributed by atoms with Gasteiger partial charge in [-0.2, -0.15) is 5.10 Å². The highest BCUT2D eigenvalue weighted by molar-refractivity contribution is 5.91. The van der Waals surface area contributed by atoms with E-state index in [1.165, 1.54) is 0 Å². The Hall–Kier alpha value is -1.62. The zero-order valence-corrected chi connectivity index (χ0v) is 12.9. The van der Waals surface area contributed by atoms with Gasteiger partial charge >= 0.3 is 0 Å². The Morgan fingerprint density at radius 2 is 2.05 bits per heavy atom. The van der Waals surface area contributed by atoms with Crippen molar-refractivity contribution in [1.29, 1.82) is 0 Å². The highest BCUT2D eigenvalue weighted by Gasteiger charge is 2.08. The number of aliphatic hydroxyl groups excluding tert-OH is 1. The number of aromatic nitrogens is 2. The lowest BCUT2D eigenvalue weighted by molar-refractivity contribution is -0.124. The van der Waals surface area contributed by atoms with Crippen molar-refractivity contribution in [3.8, 4) is 0 Å². The quantitative estimate of drug-likeness (QED) is 0.610. The summed E-state index contributed by atoms with van der Waals surface area (Å²) in [7, 11) is 3.70. The fraction of sp³-hybridized carbons (Fsp3) is 0.600. The molecule has 1 aromatic heterocycles. The van der Waals surface area contributed by atoms with Gasteiger partial charge in [-0.05, 0) is 39.2 Å². The molecule has 5 heteroatoms. The molecule has 1 amide bonds. The molecule has 1 rings (SSSR count). The van der Waals surface area contributed by atoms with Crippen molar-refractivity contribution in [3.05, 3.63) is 23.0 Å². The number of rotatable bonds is 7. The SMILES string of the molecule is Cc1nn(C)c(C)c1/C=C/C(=O)N(C)CCCCCO. The minimum absolute atomic E-state index is 0.00310. The summed E-state index contributed by atoms with van der Waals surface area (Å²) in [6.07, 6.45) is 6.10. The van der Waals surface area contributed by atoms with E-state index in [4.69, 9.17) is 5.11 Å². The molecule has 1 heterocycles. The molecule has 0 saturated carbocycles. The van der Waals surface area contributed by atoms with Crippen molar-refractivity contribution in [3.63, 3.8) is 0 Å². The summed E-state index contributed by atoms with van der Waals surface area (Å²) in [6.45, 7) is 4.86. The minimum Gasteiger partial charge on any atom is -0.396 e. The average Bonchev–Trinajstić information content (AvgIpc) is 2.65. The van der Waals surface area contributed by atoms with Crippen molar-refractivity contribution in [2.24, 2.45) is 7.05 Å². The Morgan fingerprint density at radius 3 is 2.60 bits per heavy atom. The van der Waals surface area contributed by atoms with Gasteiger partial charge in [-0.25, -0.2) is 0 Å². The molecule has 5 nitrogen and oxygen atoms in total. The summed E-state index contributed by atoms with van der Waals surface area (Å²) in [5.74, 6) is -0.00310. The number of hydrogen-bond acceptors (Lipinski definition) is 3. The number of carbonyl (C=O) groups excluding carboxylic acids is 1. The lowest BCUT2D eigenvalue weighted by Gasteiger charge is -2.14. The Kier molecular flexibility index (Phi) is 6.45. The molecule has 0 bridgehead atoms. The molecule has 0 unspecified atom stereocenters. The molecule has 0 aliphatic carbocycles. The van der Waals surface area contributed by atoms with E-state index < -0.39 is 0 Å². The first-order chi connectivity index (χ1) is 9.47. The van der Waals surface area contributed by atoms with Gasteiger partial charge in [0.05, 0.1) is 5.69 Å². The van der Waals surface area contributed by atoms with Gasteiger partial charge in [0.2, 0.25) is 5.91 Å². The Morgan fingerprint density at radius 1 is 1.35 bits per heavy atom. The van der Waals surface area contributed by atoms with Crippen LogP contribution in [-0.4, -0.2) is 45.9 Å². The van der Waals surface area contributed by atoms with E-state index in [1.807, 2.05) is 31.7 Å². The predicted molar refractivity (Wildman–Crippen MR) is 80.3 cm³/mol. The van der Waals surface area contributed by atoms with Gasteiger partial charge in [-0.15, -0.1) is 0 Å². The van der Waals surface area contributed by atoms with Gasteiger partial charge in [0.15, 0.2) is 0 Å². The molecule has 112 valence electrons. The van der Waals surface area contributed by atoms with Gasteiger partial charge in [-0.1, -0.05) is 0 Å². The van der Waals surface area contributed by atoms with Crippen LogP contribution in [0.15, 0.2) is 6.08 Å². The molecule has 1 aromatic rings. The maximum atomic E-state index is 12.0.